The van der Waals surface area contributed by atoms with E-state index >= 15 is 0 Å². The van der Waals surface area contributed by atoms with Gasteiger partial charge in [-0.05, 0) is 18.4 Å². The van der Waals surface area contributed by atoms with Gasteiger partial charge in [-0.3, -0.25) is 0 Å². The highest BCUT2D eigenvalue weighted by molar-refractivity contribution is 5.23. The molecule has 0 saturated heterocycles. The van der Waals surface area contributed by atoms with Gasteiger partial charge in [0.2, 0.25) is 0 Å². The van der Waals surface area contributed by atoms with Crippen molar-refractivity contribution in [2.24, 2.45) is 0 Å². The lowest BCUT2D eigenvalue weighted by Crippen LogP contribution is -2.23. The van der Waals surface area contributed by atoms with Crippen LogP contribution in [0.5, 0.6) is 0 Å². The quantitative estimate of drug-likeness (QED) is 0.761. The summed E-state index contributed by atoms with van der Waals surface area (Å²) >= 11 is 0. The highest BCUT2D eigenvalue weighted by Crippen LogP contribution is 2.28. The number of nitriles is 1. The second-order valence-corrected chi connectivity index (χ2v) is 3.49. The molecule has 0 heterocycles. The molecular formula is C13H15NO. The number of allylic oxidation sites excluding steroid dienone is 1. The van der Waals surface area contributed by atoms with Crippen molar-refractivity contribution >= 4 is 0 Å². The highest BCUT2D eigenvalue weighted by atomic mass is 16.3. The van der Waals surface area contributed by atoms with E-state index in [2.05, 4.69) is 0 Å². The molecule has 1 aromatic carbocycles. The summed E-state index contributed by atoms with van der Waals surface area (Å²) in [6.45, 7) is 1.94. The Morgan fingerprint density at radius 2 is 2.07 bits per heavy atom. The van der Waals surface area contributed by atoms with Crippen LogP contribution >= 0.6 is 0 Å². The summed E-state index contributed by atoms with van der Waals surface area (Å²) in [6, 6.07) is 11.5. The van der Waals surface area contributed by atoms with Crippen LogP contribution in [0.25, 0.3) is 0 Å². The zero-order chi connectivity index (χ0) is 11.1. The Morgan fingerprint density at radius 1 is 1.40 bits per heavy atom. The molecular weight excluding hydrogens is 186 g/mol. The molecule has 0 aliphatic carbocycles. The molecule has 0 aliphatic rings. The lowest BCUT2D eigenvalue weighted by atomic mass is 9.88. The van der Waals surface area contributed by atoms with Gasteiger partial charge >= 0.3 is 0 Å². The fraction of sp³-hybridized carbons (Fsp3) is 0.308. The van der Waals surface area contributed by atoms with Crippen molar-refractivity contribution in [3.8, 4) is 6.07 Å². The maximum atomic E-state index is 10.4. The largest absolute Gasteiger partial charge is 0.385 e. The molecule has 0 amide bonds. The molecule has 1 atom stereocenters. The summed E-state index contributed by atoms with van der Waals surface area (Å²) in [6.07, 6.45) is 4.22. The average molecular weight is 201 g/mol. The fourth-order valence-corrected chi connectivity index (χ4v) is 1.52. The van der Waals surface area contributed by atoms with Crippen LogP contribution in [0.1, 0.15) is 25.3 Å². The number of hydrogen-bond donors (Lipinski definition) is 1. The van der Waals surface area contributed by atoms with E-state index in [1.54, 1.807) is 6.08 Å². The van der Waals surface area contributed by atoms with Crippen LogP contribution in [0, 0.1) is 11.3 Å². The Balaban J connectivity index is 2.86. The van der Waals surface area contributed by atoms with E-state index in [9.17, 15) is 5.11 Å². The Morgan fingerprint density at radius 3 is 2.60 bits per heavy atom. The van der Waals surface area contributed by atoms with Crippen molar-refractivity contribution in [3.05, 3.63) is 48.0 Å². The predicted molar refractivity (Wildman–Crippen MR) is 60.0 cm³/mol. The molecule has 0 aromatic heterocycles. The first-order chi connectivity index (χ1) is 7.23. The number of aliphatic hydroxyl groups is 1. The molecule has 2 heteroatoms. The van der Waals surface area contributed by atoms with Crippen molar-refractivity contribution in [2.75, 3.05) is 0 Å². The normalized spacial score (nSPS) is 14.7. The molecule has 0 radical (unpaired) electrons. The SMILES string of the molecule is CC[C@@](O)(C/C=C\C#N)c1ccccc1. The van der Waals surface area contributed by atoms with Gasteiger partial charge in [0, 0.05) is 6.08 Å². The van der Waals surface area contributed by atoms with Gasteiger partial charge in [-0.25, -0.2) is 0 Å². The Kier molecular flexibility index (Phi) is 4.08. The second-order valence-electron chi connectivity index (χ2n) is 3.49. The molecule has 0 saturated carbocycles. The minimum atomic E-state index is -0.853. The average Bonchev–Trinajstić information content (AvgIpc) is 2.30. The minimum Gasteiger partial charge on any atom is -0.385 e. The number of hydrogen-bond acceptors (Lipinski definition) is 2. The molecule has 1 aromatic rings. The van der Waals surface area contributed by atoms with Gasteiger partial charge < -0.3 is 5.11 Å². The van der Waals surface area contributed by atoms with Crippen LogP contribution in [0.4, 0.5) is 0 Å². The molecule has 0 spiro atoms. The monoisotopic (exact) mass is 201 g/mol. The first kappa shape index (κ1) is 11.5. The van der Waals surface area contributed by atoms with E-state index in [1.165, 1.54) is 6.08 Å². The Bertz CT molecular complexity index is 364. The van der Waals surface area contributed by atoms with Crippen molar-refractivity contribution in [1.82, 2.24) is 0 Å². The molecule has 1 N–H and O–H groups in total. The summed E-state index contributed by atoms with van der Waals surface area (Å²) in [5, 5.41) is 18.7. The first-order valence-electron chi connectivity index (χ1n) is 5.05. The van der Waals surface area contributed by atoms with E-state index < -0.39 is 5.60 Å². The number of nitrogens with zero attached hydrogens (tertiary/aromatic N) is 1. The number of rotatable bonds is 4. The van der Waals surface area contributed by atoms with E-state index in [0.717, 1.165) is 5.56 Å². The van der Waals surface area contributed by atoms with Crippen LogP contribution < -0.4 is 0 Å². The molecule has 0 bridgehead atoms. The topological polar surface area (TPSA) is 44.0 Å². The molecule has 0 aliphatic heterocycles. The lowest BCUT2D eigenvalue weighted by Gasteiger charge is -2.25. The summed E-state index contributed by atoms with van der Waals surface area (Å²) in [5.41, 5.74) is 0.0457. The van der Waals surface area contributed by atoms with E-state index in [-0.39, 0.29) is 0 Å². The Hall–Kier alpha value is -1.59. The highest BCUT2D eigenvalue weighted by Gasteiger charge is 2.24. The van der Waals surface area contributed by atoms with Gasteiger partial charge in [0.15, 0.2) is 0 Å². The molecule has 2 nitrogen and oxygen atoms in total. The van der Waals surface area contributed by atoms with Crippen molar-refractivity contribution in [2.45, 2.75) is 25.4 Å². The fourth-order valence-electron chi connectivity index (χ4n) is 1.52. The molecule has 0 fully saturated rings. The van der Waals surface area contributed by atoms with Gasteiger partial charge in [0.1, 0.15) is 0 Å². The van der Waals surface area contributed by atoms with Crippen LogP contribution in [-0.4, -0.2) is 5.11 Å². The molecule has 78 valence electrons. The molecule has 0 unspecified atom stereocenters. The van der Waals surface area contributed by atoms with Crippen molar-refractivity contribution in [3.63, 3.8) is 0 Å². The van der Waals surface area contributed by atoms with Crippen molar-refractivity contribution < 1.29 is 5.11 Å². The van der Waals surface area contributed by atoms with Gasteiger partial charge in [0.05, 0.1) is 11.7 Å². The van der Waals surface area contributed by atoms with E-state index in [1.807, 2.05) is 43.3 Å². The van der Waals surface area contributed by atoms with Gasteiger partial charge in [-0.1, -0.05) is 43.3 Å². The van der Waals surface area contributed by atoms with Crippen LogP contribution in [0.3, 0.4) is 0 Å². The van der Waals surface area contributed by atoms with Gasteiger partial charge in [0.25, 0.3) is 0 Å². The zero-order valence-electron chi connectivity index (χ0n) is 8.85. The minimum absolute atomic E-state index is 0.473. The van der Waals surface area contributed by atoms with Crippen LogP contribution in [0.2, 0.25) is 0 Å². The summed E-state index contributed by atoms with van der Waals surface area (Å²) in [5.74, 6) is 0. The van der Waals surface area contributed by atoms with Crippen molar-refractivity contribution in [1.29, 1.82) is 5.26 Å². The van der Waals surface area contributed by atoms with Gasteiger partial charge in [-0.15, -0.1) is 0 Å². The standard InChI is InChI=1S/C13H15NO/c1-2-13(15,10-6-7-11-14)12-8-4-3-5-9-12/h3-9,15H,2,10H2,1H3/b7-6-/t13-/m1/s1. The third kappa shape index (κ3) is 2.93. The maximum Gasteiger partial charge on any atom is 0.0928 e. The smallest absolute Gasteiger partial charge is 0.0928 e. The van der Waals surface area contributed by atoms with E-state index in [4.69, 9.17) is 5.26 Å². The number of benzene rings is 1. The zero-order valence-corrected chi connectivity index (χ0v) is 8.85. The second kappa shape index (κ2) is 5.33. The maximum absolute atomic E-state index is 10.4. The summed E-state index contributed by atoms with van der Waals surface area (Å²) in [4.78, 5) is 0. The third-order valence-corrected chi connectivity index (χ3v) is 2.54. The Labute approximate surface area is 90.5 Å². The van der Waals surface area contributed by atoms with Crippen LogP contribution in [-0.2, 0) is 5.60 Å². The summed E-state index contributed by atoms with van der Waals surface area (Å²) < 4.78 is 0. The molecule has 15 heavy (non-hydrogen) atoms. The predicted octanol–water partition coefficient (Wildman–Crippen LogP) is 2.75. The first-order valence-corrected chi connectivity index (χ1v) is 5.05. The lowest BCUT2D eigenvalue weighted by molar-refractivity contribution is 0.0355. The van der Waals surface area contributed by atoms with Crippen LogP contribution in [0.15, 0.2) is 42.5 Å². The molecule has 1 rings (SSSR count). The van der Waals surface area contributed by atoms with Gasteiger partial charge in [-0.2, -0.15) is 5.26 Å². The summed E-state index contributed by atoms with van der Waals surface area (Å²) in [7, 11) is 0. The van der Waals surface area contributed by atoms with E-state index in [0.29, 0.717) is 12.8 Å². The third-order valence-electron chi connectivity index (χ3n) is 2.54.